The highest BCUT2D eigenvalue weighted by atomic mass is 32.2. The fraction of sp³-hybridized carbons (Fsp3) is 0.417. The molecule has 0 aliphatic rings. The maximum atomic E-state index is 11.0. The maximum Gasteiger partial charge on any atom is 0.306 e. The predicted molar refractivity (Wildman–Crippen MR) is 64.3 cm³/mol. The van der Waals surface area contributed by atoms with Gasteiger partial charge in [0.1, 0.15) is 0 Å². The molecule has 15 heavy (non-hydrogen) atoms. The summed E-state index contributed by atoms with van der Waals surface area (Å²) in [5, 5.41) is 9.05. The van der Waals surface area contributed by atoms with E-state index >= 15 is 0 Å². The van der Waals surface area contributed by atoms with Crippen molar-refractivity contribution in [3.05, 3.63) is 35.9 Å². The van der Waals surface area contributed by atoms with Gasteiger partial charge in [0.25, 0.3) is 0 Å². The van der Waals surface area contributed by atoms with Crippen LogP contribution < -0.4 is 0 Å². The van der Waals surface area contributed by atoms with E-state index in [1.807, 2.05) is 36.6 Å². The molecule has 1 rings (SSSR count). The van der Waals surface area contributed by atoms with Gasteiger partial charge in [0.2, 0.25) is 0 Å². The van der Waals surface area contributed by atoms with Gasteiger partial charge < -0.3 is 5.11 Å². The largest absolute Gasteiger partial charge is 0.481 e. The minimum absolute atomic E-state index is 0.250. The lowest BCUT2D eigenvalue weighted by Crippen LogP contribution is -2.17. The smallest absolute Gasteiger partial charge is 0.306 e. The summed E-state index contributed by atoms with van der Waals surface area (Å²) in [7, 11) is 0. The van der Waals surface area contributed by atoms with E-state index in [-0.39, 0.29) is 5.92 Å². The van der Waals surface area contributed by atoms with Gasteiger partial charge >= 0.3 is 5.97 Å². The van der Waals surface area contributed by atoms with Gasteiger partial charge in [-0.15, -0.1) is 0 Å². The molecule has 0 aromatic heterocycles. The van der Waals surface area contributed by atoms with Gasteiger partial charge in [-0.1, -0.05) is 30.3 Å². The monoisotopic (exact) mass is 224 g/mol. The Balaban J connectivity index is 2.55. The third kappa shape index (κ3) is 4.38. The van der Waals surface area contributed by atoms with E-state index in [0.717, 1.165) is 17.7 Å². The van der Waals surface area contributed by atoms with Crippen LogP contribution in [0.2, 0.25) is 0 Å². The number of carboxylic acid groups (broad SMARTS) is 1. The van der Waals surface area contributed by atoms with Gasteiger partial charge in [0.05, 0.1) is 5.92 Å². The van der Waals surface area contributed by atoms with E-state index in [9.17, 15) is 4.79 Å². The molecule has 1 N–H and O–H groups in total. The van der Waals surface area contributed by atoms with Crippen molar-refractivity contribution in [2.75, 3.05) is 12.0 Å². The highest BCUT2D eigenvalue weighted by Crippen LogP contribution is 2.14. The van der Waals surface area contributed by atoms with Crippen molar-refractivity contribution in [3.8, 4) is 0 Å². The summed E-state index contributed by atoms with van der Waals surface area (Å²) in [5.41, 5.74) is 1.10. The lowest BCUT2D eigenvalue weighted by atomic mass is 9.97. The van der Waals surface area contributed by atoms with Crippen LogP contribution in [0.15, 0.2) is 30.3 Å². The Morgan fingerprint density at radius 3 is 2.60 bits per heavy atom. The summed E-state index contributed by atoms with van der Waals surface area (Å²) in [6.45, 7) is 0. The average Bonchev–Trinajstić information content (AvgIpc) is 2.25. The molecule has 0 amide bonds. The molecule has 1 unspecified atom stereocenters. The van der Waals surface area contributed by atoms with Crippen molar-refractivity contribution < 1.29 is 9.90 Å². The van der Waals surface area contributed by atoms with Gasteiger partial charge in [0.15, 0.2) is 0 Å². The Morgan fingerprint density at radius 2 is 2.07 bits per heavy atom. The maximum absolute atomic E-state index is 11.0. The number of hydrogen-bond donors (Lipinski definition) is 1. The van der Waals surface area contributed by atoms with Crippen molar-refractivity contribution in [1.29, 1.82) is 0 Å². The van der Waals surface area contributed by atoms with Gasteiger partial charge in [-0.25, -0.2) is 0 Å². The van der Waals surface area contributed by atoms with Gasteiger partial charge in [-0.2, -0.15) is 11.8 Å². The van der Waals surface area contributed by atoms with Crippen LogP contribution >= 0.6 is 11.8 Å². The number of benzene rings is 1. The van der Waals surface area contributed by atoms with E-state index in [0.29, 0.717) is 6.42 Å². The van der Waals surface area contributed by atoms with Crippen LogP contribution in [0.4, 0.5) is 0 Å². The SMILES string of the molecule is CSCCC(Cc1ccccc1)C(=O)O. The zero-order valence-electron chi connectivity index (χ0n) is 8.85. The molecule has 1 aromatic carbocycles. The summed E-state index contributed by atoms with van der Waals surface area (Å²) in [6.07, 6.45) is 3.38. The molecule has 82 valence electrons. The molecular weight excluding hydrogens is 208 g/mol. The second-order valence-corrected chi connectivity index (χ2v) is 4.49. The molecule has 0 bridgehead atoms. The topological polar surface area (TPSA) is 37.3 Å². The number of carboxylic acids is 1. The minimum Gasteiger partial charge on any atom is -0.481 e. The fourth-order valence-electron chi connectivity index (χ4n) is 1.47. The van der Waals surface area contributed by atoms with E-state index in [2.05, 4.69) is 0 Å². The Bertz CT molecular complexity index is 298. The molecule has 0 fully saturated rings. The minimum atomic E-state index is -0.687. The molecule has 1 aromatic rings. The quantitative estimate of drug-likeness (QED) is 0.807. The number of carbonyl (C=O) groups is 1. The molecule has 0 aliphatic heterocycles. The van der Waals surface area contributed by atoms with E-state index in [1.165, 1.54) is 0 Å². The average molecular weight is 224 g/mol. The predicted octanol–water partition coefficient (Wildman–Crippen LogP) is 2.68. The lowest BCUT2D eigenvalue weighted by Gasteiger charge is -2.11. The van der Waals surface area contributed by atoms with Crippen LogP contribution in [0.25, 0.3) is 0 Å². The molecule has 0 heterocycles. The van der Waals surface area contributed by atoms with Crippen LogP contribution in [0.5, 0.6) is 0 Å². The molecular formula is C12H16O2S. The summed E-state index contributed by atoms with van der Waals surface area (Å²) in [5.74, 6) is -0.0307. The number of rotatable bonds is 6. The molecule has 0 radical (unpaired) electrons. The fourth-order valence-corrected chi connectivity index (χ4v) is 1.99. The number of thioether (sulfide) groups is 1. The first-order valence-corrected chi connectivity index (χ1v) is 6.39. The van der Waals surface area contributed by atoms with E-state index in [4.69, 9.17) is 5.11 Å². The third-order valence-corrected chi connectivity index (χ3v) is 2.99. The summed E-state index contributed by atoms with van der Waals surface area (Å²) in [4.78, 5) is 11.0. The highest BCUT2D eigenvalue weighted by Gasteiger charge is 2.16. The normalized spacial score (nSPS) is 12.3. The van der Waals surface area contributed by atoms with E-state index in [1.54, 1.807) is 11.8 Å². The Labute approximate surface area is 94.7 Å². The van der Waals surface area contributed by atoms with Crippen LogP contribution in [0.3, 0.4) is 0 Å². The first-order chi connectivity index (χ1) is 7.24. The molecule has 0 aliphatic carbocycles. The second-order valence-electron chi connectivity index (χ2n) is 3.51. The van der Waals surface area contributed by atoms with Gasteiger partial charge in [-0.05, 0) is 30.4 Å². The second kappa shape index (κ2) is 6.51. The third-order valence-electron chi connectivity index (χ3n) is 2.34. The number of hydrogen-bond acceptors (Lipinski definition) is 2. The van der Waals surface area contributed by atoms with Crippen LogP contribution in [0, 0.1) is 5.92 Å². The first kappa shape index (κ1) is 12.1. The standard InChI is InChI=1S/C12H16O2S/c1-15-8-7-11(12(13)14)9-10-5-3-2-4-6-10/h2-6,11H,7-9H2,1H3,(H,13,14). The lowest BCUT2D eigenvalue weighted by molar-refractivity contribution is -0.141. The Morgan fingerprint density at radius 1 is 1.40 bits per heavy atom. The molecule has 3 heteroatoms. The highest BCUT2D eigenvalue weighted by molar-refractivity contribution is 7.98. The van der Waals surface area contributed by atoms with Crippen LogP contribution in [0.1, 0.15) is 12.0 Å². The van der Waals surface area contributed by atoms with Crippen LogP contribution in [-0.2, 0) is 11.2 Å². The van der Waals surface area contributed by atoms with Crippen molar-refractivity contribution >= 4 is 17.7 Å². The zero-order valence-corrected chi connectivity index (χ0v) is 9.67. The van der Waals surface area contributed by atoms with Crippen molar-refractivity contribution in [1.82, 2.24) is 0 Å². The summed E-state index contributed by atoms with van der Waals surface area (Å²) >= 11 is 1.69. The first-order valence-electron chi connectivity index (χ1n) is 4.99. The van der Waals surface area contributed by atoms with E-state index < -0.39 is 5.97 Å². The molecule has 0 spiro atoms. The van der Waals surface area contributed by atoms with Gasteiger partial charge in [0, 0.05) is 0 Å². The molecule has 2 nitrogen and oxygen atoms in total. The Kier molecular flexibility index (Phi) is 5.26. The summed E-state index contributed by atoms with van der Waals surface area (Å²) < 4.78 is 0. The molecule has 1 atom stereocenters. The van der Waals surface area contributed by atoms with Crippen LogP contribution in [-0.4, -0.2) is 23.1 Å². The van der Waals surface area contributed by atoms with Crippen molar-refractivity contribution in [2.24, 2.45) is 5.92 Å². The van der Waals surface area contributed by atoms with Crippen molar-refractivity contribution in [3.63, 3.8) is 0 Å². The molecule has 0 saturated carbocycles. The summed E-state index contributed by atoms with van der Waals surface area (Å²) in [6, 6.07) is 9.80. The van der Waals surface area contributed by atoms with Gasteiger partial charge in [-0.3, -0.25) is 4.79 Å². The Hall–Kier alpha value is -0.960. The number of aliphatic carboxylic acids is 1. The van der Waals surface area contributed by atoms with Crippen molar-refractivity contribution in [2.45, 2.75) is 12.8 Å². The zero-order chi connectivity index (χ0) is 11.1. The molecule has 0 saturated heterocycles.